The van der Waals surface area contributed by atoms with E-state index in [0.29, 0.717) is 11.1 Å². The Balaban J connectivity index is 2.08. The molecular weight excluding hydrogens is 413 g/mol. The first-order valence-electron chi connectivity index (χ1n) is 7.83. The molecule has 144 valence electrons. The molecule has 0 aromatic heterocycles. The van der Waals surface area contributed by atoms with E-state index >= 15 is 0 Å². The molecular formula is C19H12ClF3N2O2S. The van der Waals surface area contributed by atoms with Crippen LogP contribution in [0.4, 0.5) is 18.9 Å². The molecule has 0 atom stereocenters. The number of benzene rings is 3. The van der Waals surface area contributed by atoms with E-state index in [9.17, 15) is 21.6 Å². The fourth-order valence-corrected chi connectivity index (χ4v) is 3.36. The van der Waals surface area contributed by atoms with E-state index in [-0.39, 0.29) is 22.0 Å². The van der Waals surface area contributed by atoms with E-state index < -0.39 is 27.5 Å². The highest BCUT2D eigenvalue weighted by atomic mass is 35.5. The standard InChI is InChI=1S/C19H12ClF3N2O2S/c20-13-3-8-16(9-4-13)28(26,27)25-19(12-1-5-14(21)6-2-12)24-18-10-7-15(22)11-17(18)23/h1-11H,(H,24,25). The molecule has 0 saturated heterocycles. The molecule has 0 saturated carbocycles. The zero-order chi connectivity index (χ0) is 20.3. The molecule has 0 amide bonds. The smallest absolute Gasteiger partial charge is 0.284 e. The fourth-order valence-electron chi connectivity index (χ4n) is 2.25. The first-order chi connectivity index (χ1) is 13.2. The lowest BCUT2D eigenvalue weighted by atomic mass is 10.2. The molecule has 0 spiro atoms. The molecule has 3 aromatic carbocycles. The summed E-state index contributed by atoms with van der Waals surface area (Å²) in [5.74, 6) is -2.55. The van der Waals surface area contributed by atoms with E-state index in [2.05, 4.69) is 9.71 Å². The van der Waals surface area contributed by atoms with Gasteiger partial charge < -0.3 is 5.32 Å². The Labute approximate surface area is 164 Å². The Morgan fingerprint density at radius 3 is 2.07 bits per heavy atom. The number of nitrogens with one attached hydrogen (secondary N) is 1. The van der Waals surface area contributed by atoms with E-state index in [0.717, 1.165) is 24.3 Å². The van der Waals surface area contributed by atoms with Crippen LogP contribution in [0.1, 0.15) is 5.56 Å². The van der Waals surface area contributed by atoms with Crippen molar-refractivity contribution in [2.75, 3.05) is 5.32 Å². The van der Waals surface area contributed by atoms with E-state index in [1.54, 1.807) is 0 Å². The van der Waals surface area contributed by atoms with Gasteiger partial charge in [0.05, 0.1) is 10.6 Å². The van der Waals surface area contributed by atoms with E-state index in [1.165, 1.54) is 36.4 Å². The van der Waals surface area contributed by atoms with Crippen molar-refractivity contribution < 1.29 is 21.6 Å². The molecule has 0 bridgehead atoms. The third-order valence-corrected chi connectivity index (χ3v) is 5.17. The number of nitrogens with zero attached hydrogens (tertiary/aromatic N) is 1. The fraction of sp³-hybridized carbons (Fsp3) is 0. The number of rotatable bonds is 4. The highest BCUT2D eigenvalue weighted by Crippen LogP contribution is 2.20. The second-order valence-corrected chi connectivity index (χ2v) is 7.67. The predicted molar refractivity (Wildman–Crippen MR) is 102 cm³/mol. The van der Waals surface area contributed by atoms with Gasteiger partial charge in [-0.3, -0.25) is 0 Å². The van der Waals surface area contributed by atoms with Crippen LogP contribution in [0.15, 0.2) is 76.0 Å². The molecule has 3 rings (SSSR count). The summed E-state index contributed by atoms with van der Waals surface area (Å²) in [4.78, 5) is -0.141. The third kappa shape index (κ3) is 4.71. The minimum atomic E-state index is -4.20. The van der Waals surface area contributed by atoms with Crippen molar-refractivity contribution in [3.8, 4) is 0 Å². The van der Waals surface area contributed by atoms with Crippen LogP contribution in [0.2, 0.25) is 5.02 Å². The first kappa shape index (κ1) is 19.9. The maximum absolute atomic E-state index is 14.0. The van der Waals surface area contributed by atoms with E-state index in [4.69, 9.17) is 11.6 Å². The van der Waals surface area contributed by atoms with Crippen LogP contribution < -0.4 is 5.32 Å². The molecule has 0 aliphatic carbocycles. The van der Waals surface area contributed by atoms with Crippen LogP contribution in [-0.4, -0.2) is 14.3 Å². The van der Waals surface area contributed by atoms with Gasteiger partial charge >= 0.3 is 0 Å². The first-order valence-corrected chi connectivity index (χ1v) is 9.65. The summed E-state index contributed by atoms with van der Waals surface area (Å²) in [6, 6.07) is 12.8. The normalized spacial score (nSPS) is 12.1. The van der Waals surface area contributed by atoms with E-state index in [1.807, 2.05) is 0 Å². The molecule has 9 heteroatoms. The van der Waals surface area contributed by atoms with Gasteiger partial charge in [0.15, 0.2) is 5.84 Å². The van der Waals surface area contributed by atoms with Crippen LogP contribution >= 0.6 is 11.6 Å². The average Bonchev–Trinajstić information content (AvgIpc) is 2.64. The monoisotopic (exact) mass is 424 g/mol. The zero-order valence-electron chi connectivity index (χ0n) is 14.0. The maximum atomic E-state index is 14.0. The minimum absolute atomic E-state index is 0.141. The van der Waals surface area contributed by atoms with Gasteiger partial charge in [-0.1, -0.05) is 11.6 Å². The Bertz CT molecular complexity index is 1130. The number of sulfonamides is 1. The largest absolute Gasteiger partial charge is 0.337 e. The SMILES string of the molecule is O=S(=O)(/N=C(\Nc1ccc(F)cc1F)c1ccc(F)cc1)c1ccc(Cl)cc1. The van der Waals surface area contributed by atoms with Crippen LogP contribution in [-0.2, 0) is 10.0 Å². The summed E-state index contributed by atoms with van der Waals surface area (Å²) in [5.41, 5.74) is -0.0153. The number of hydrogen-bond acceptors (Lipinski definition) is 2. The zero-order valence-corrected chi connectivity index (χ0v) is 15.6. The number of amidine groups is 1. The lowest BCUT2D eigenvalue weighted by Gasteiger charge is -2.11. The molecule has 28 heavy (non-hydrogen) atoms. The summed E-state index contributed by atoms with van der Waals surface area (Å²) in [7, 11) is -4.20. The van der Waals surface area contributed by atoms with Crippen molar-refractivity contribution in [2.24, 2.45) is 4.40 Å². The van der Waals surface area contributed by atoms with Gasteiger partial charge in [0.25, 0.3) is 10.0 Å². The van der Waals surface area contributed by atoms with Gasteiger partial charge in [0.1, 0.15) is 17.5 Å². The highest BCUT2D eigenvalue weighted by molar-refractivity contribution is 7.90. The Hall–Kier alpha value is -2.84. The van der Waals surface area contributed by atoms with Gasteiger partial charge in [-0.05, 0) is 60.7 Å². The maximum Gasteiger partial charge on any atom is 0.284 e. The number of anilines is 1. The molecule has 0 heterocycles. The quantitative estimate of drug-likeness (QED) is 0.473. The minimum Gasteiger partial charge on any atom is -0.337 e. The molecule has 4 nitrogen and oxygen atoms in total. The summed E-state index contributed by atoms with van der Waals surface area (Å²) >= 11 is 5.76. The highest BCUT2D eigenvalue weighted by Gasteiger charge is 2.17. The van der Waals surface area contributed by atoms with Crippen molar-refractivity contribution in [1.29, 1.82) is 0 Å². The van der Waals surface area contributed by atoms with Crippen molar-refractivity contribution in [3.05, 3.63) is 94.8 Å². The summed E-state index contributed by atoms with van der Waals surface area (Å²) in [6.07, 6.45) is 0. The lowest BCUT2D eigenvalue weighted by molar-refractivity contribution is 0.586. The van der Waals surface area contributed by atoms with Crippen molar-refractivity contribution in [2.45, 2.75) is 4.90 Å². The molecule has 3 aromatic rings. The summed E-state index contributed by atoms with van der Waals surface area (Å²) < 4.78 is 69.3. The molecule has 0 fully saturated rings. The van der Waals surface area contributed by atoms with Gasteiger partial charge in [0.2, 0.25) is 0 Å². The second-order valence-electron chi connectivity index (χ2n) is 5.62. The Kier molecular flexibility index (Phi) is 5.71. The second kappa shape index (κ2) is 8.04. The van der Waals surface area contributed by atoms with Crippen LogP contribution in [0.25, 0.3) is 0 Å². The predicted octanol–water partition coefficient (Wildman–Crippen LogP) is 5.00. The molecule has 0 aliphatic rings. The Morgan fingerprint density at radius 2 is 1.46 bits per heavy atom. The lowest BCUT2D eigenvalue weighted by Crippen LogP contribution is -2.17. The van der Waals surface area contributed by atoms with Crippen molar-refractivity contribution in [3.63, 3.8) is 0 Å². The topological polar surface area (TPSA) is 58.5 Å². The van der Waals surface area contributed by atoms with Crippen LogP contribution in [0, 0.1) is 17.5 Å². The number of hydrogen-bond donors (Lipinski definition) is 1. The summed E-state index contributed by atoms with van der Waals surface area (Å²) in [6.45, 7) is 0. The van der Waals surface area contributed by atoms with Crippen molar-refractivity contribution >= 4 is 33.1 Å². The summed E-state index contributed by atoms with van der Waals surface area (Å²) in [5, 5.41) is 2.87. The molecule has 0 radical (unpaired) electrons. The van der Waals surface area contributed by atoms with Gasteiger partial charge in [-0.15, -0.1) is 4.40 Å². The van der Waals surface area contributed by atoms with Gasteiger partial charge in [-0.25, -0.2) is 13.2 Å². The van der Waals surface area contributed by atoms with Crippen LogP contribution in [0.3, 0.4) is 0 Å². The molecule has 0 unspecified atom stereocenters. The molecule has 1 N–H and O–H groups in total. The van der Waals surface area contributed by atoms with Crippen LogP contribution in [0.5, 0.6) is 0 Å². The number of halogens is 4. The Morgan fingerprint density at radius 1 is 0.857 bits per heavy atom. The van der Waals surface area contributed by atoms with Gasteiger partial charge in [0, 0.05) is 16.7 Å². The third-order valence-electron chi connectivity index (χ3n) is 3.62. The van der Waals surface area contributed by atoms with Gasteiger partial charge in [-0.2, -0.15) is 8.42 Å². The average molecular weight is 425 g/mol. The van der Waals surface area contributed by atoms with Crippen molar-refractivity contribution in [1.82, 2.24) is 0 Å². The molecule has 0 aliphatic heterocycles.